The Morgan fingerprint density at radius 2 is 1.79 bits per heavy atom. The van der Waals surface area contributed by atoms with Crippen LogP contribution in [-0.2, 0) is 21.5 Å². The number of aryl methyl sites for hydroxylation is 1. The molecule has 2 fully saturated rings. The molecule has 4 atom stereocenters. The monoisotopic (exact) mass is 585 g/mol. The highest BCUT2D eigenvalue weighted by Crippen LogP contribution is 2.72. The normalized spacial score (nSPS) is 26.2. The summed E-state index contributed by atoms with van der Waals surface area (Å²) in [5, 5.41) is 8.78. The molecule has 42 heavy (non-hydrogen) atoms. The summed E-state index contributed by atoms with van der Waals surface area (Å²) in [4.78, 5) is 13.5. The molecule has 3 aliphatic rings. The van der Waals surface area contributed by atoms with E-state index >= 15 is 0 Å². The van der Waals surface area contributed by atoms with Gasteiger partial charge in [0, 0.05) is 23.3 Å². The summed E-state index contributed by atoms with van der Waals surface area (Å²) in [7, 11) is -4.04. The van der Waals surface area contributed by atoms with Crippen LogP contribution < -0.4 is 4.18 Å². The lowest BCUT2D eigenvalue weighted by Gasteiger charge is -2.42. The van der Waals surface area contributed by atoms with Gasteiger partial charge in [0.25, 0.3) is 0 Å². The first-order chi connectivity index (χ1) is 20.0. The Labute approximate surface area is 244 Å². The number of carbonyl (C=O) groups is 1. The Hall–Kier alpha value is -3.85. The van der Waals surface area contributed by atoms with Gasteiger partial charge in [-0.25, -0.2) is 4.39 Å². The van der Waals surface area contributed by atoms with Gasteiger partial charge in [-0.1, -0.05) is 35.9 Å². The Bertz CT molecular complexity index is 1830. The summed E-state index contributed by atoms with van der Waals surface area (Å²) in [6.07, 6.45) is 4.89. The summed E-state index contributed by atoms with van der Waals surface area (Å²) >= 11 is 0. The molecular weight excluding hydrogens is 553 g/mol. The number of Topliss-reactive ketones (excluding diaryl/α,β-unsaturated/α-hetero) is 1. The third-order valence-corrected chi connectivity index (χ3v) is 11.3. The van der Waals surface area contributed by atoms with Gasteiger partial charge in [0.2, 0.25) is 0 Å². The summed E-state index contributed by atoms with van der Waals surface area (Å²) < 4.78 is 47.6. The first-order valence-electron chi connectivity index (χ1n) is 14.3. The highest BCUT2D eigenvalue weighted by atomic mass is 32.2. The third-order valence-electron chi connectivity index (χ3n) is 10.0. The molecule has 1 aromatic heterocycles. The number of halogens is 1. The number of fused-ring (bicyclic) bond motifs is 3. The fourth-order valence-electron chi connectivity index (χ4n) is 7.92. The van der Waals surface area contributed by atoms with Crippen molar-refractivity contribution in [3.8, 4) is 17.0 Å². The number of hydrogen-bond acceptors (Lipinski definition) is 6. The van der Waals surface area contributed by atoms with Crippen LogP contribution in [0.2, 0.25) is 0 Å². The minimum absolute atomic E-state index is 0.0861. The van der Waals surface area contributed by atoms with E-state index in [1.165, 1.54) is 17.7 Å². The second-order valence-electron chi connectivity index (χ2n) is 12.6. The lowest BCUT2D eigenvalue weighted by atomic mass is 9.61. The van der Waals surface area contributed by atoms with Gasteiger partial charge in [-0.3, -0.25) is 9.48 Å². The molecule has 3 aromatic carbocycles. The molecule has 0 saturated heterocycles. The molecule has 3 aliphatic carbocycles. The molecule has 0 radical (unpaired) electrons. The maximum atomic E-state index is 13.5. The number of ketones is 1. The first kappa shape index (κ1) is 27.0. The van der Waals surface area contributed by atoms with Crippen LogP contribution in [0.25, 0.3) is 11.3 Å². The first-order valence-corrected chi connectivity index (χ1v) is 15.7. The van der Waals surface area contributed by atoms with E-state index in [2.05, 4.69) is 17.2 Å². The zero-order valence-corrected chi connectivity index (χ0v) is 24.6. The van der Waals surface area contributed by atoms with E-state index in [4.69, 9.17) is 4.18 Å². The van der Waals surface area contributed by atoms with Crippen molar-refractivity contribution >= 4 is 15.9 Å². The van der Waals surface area contributed by atoms with Gasteiger partial charge in [0.05, 0.1) is 12.7 Å². The van der Waals surface area contributed by atoms with E-state index in [0.29, 0.717) is 30.2 Å². The molecule has 0 N–H and O–H groups in total. The summed E-state index contributed by atoms with van der Waals surface area (Å²) in [6.45, 7) is 6.40. The maximum absolute atomic E-state index is 13.5. The molecule has 7 rings (SSSR count). The van der Waals surface area contributed by atoms with Crippen molar-refractivity contribution in [2.45, 2.75) is 69.7 Å². The van der Waals surface area contributed by atoms with Gasteiger partial charge in [-0.05, 0) is 104 Å². The molecule has 0 aliphatic heterocycles. The average Bonchev–Trinajstić information content (AvgIpc) is 3.58. The molecule has 7 nitrogen and oxygen atoms in total. The van der Waals surface area contributed by atoms with Crippen molar-refractivity contribution in [3.63, 3.8) is 0 Å². The van der Waals surface area contributed by atoms with Crippen molar-refractivity contribution in [1.82, 2.24) is 15.0 Å². The number of benzene rings is 3. The molecule has 1 heterocycles. The lowest BCUT2D eigenvalue weighted by molar-refractivity contribution is -0.125. The Morgan fingerprint density at radius 1 is 1.05 bits per heavy atom. The fourth-order valence-corrected chi connectivity index (χ4v) is 8.91. The predicted octanol–water partition coefficient (Wildman–Crippen LogP) is 6.50. The van der Waals surface area contributed by atoms with Crippen molar-refractivity contribution in [1.29, 1.82) is 0 Å². The lowest BCUT2D eigenvalue weighted by Crippen LogP contribution is -2.35. The molecular formula is C33H32FN3O4S. The molecule has 4 aromatic rings. The van der Waals surface area contributed by atoms with E-state index < -0.39 is 10.1 Å². The largest absolute Gasteiger partial charge is 0.379 e. The number of carbonyl (C=O) groups excluding carboxylic acids is 1. The molecule has 0 unspecified atom stereocenters. The zero-order chi connectivity index (χ0) is 29.4. The molecule has 2 saturated carbocycles. The minimum atomic E-state index is -4.04. The number of nitrogens with zero attached hydrogens (tertiary/aromatic N) is 3. The van der Waals surface area contributed by atoms with Crippen molar-refractivity contribution in [3.05, 3.63) is 94.9 Å². The summed E-state index contributed by atoms with van der Waals surface area (Å²) in [6, 6.07) is 16.5. The average molecular weight is 586 g/mol. The molecule has 9 heteroatoms. The Morgan fingerprint density at radius 3 is 2.52 bits per heavy atom. The Balaban J connectivity index is 1.30. The van der Waals surface area contributed by atoms with Gasteiger partial charge in [0.15, 0.2) is 0 Å². The van der Waals surface area contributed by atoms with E-state index in [1.54, 1.807) is 47.1 Å². The number of rotatable bonds is 6. The highest BCUT2D eigenvalue weighted by Gasteiger charge is 2.65. The van der Waals surface area contributed by atoms with Crippen LogP contribution in [0.15, 0.2) is 71.8 Å². The molecule has 0 amide bonds. The standard InChI is InChI=1S/C33H32FN3O4S/c1-20-4-10-24(11-5-20)42(39,40)41-29-13-12-25-26-14-15-32(3)19-33(26,16-30(32)38)27(31(25)21(29)2)17-37-18-28(35-36-37)22-6-8-23(34)9-7-22/h4-13,18,26-27H,14-17,19H2,1-3H3/t26-,27-,32-,33+/m0/s1. The zero-order valence-electron chi connectivity index (χ0n) is 23.8. The topological polar surface area (TPSA) is 91.2 Å². The van der Waals surface area contributed by atoms with E-state index in [9.17, 15) is 17.6 Å². The van der Waals surface area contributed by atoms with Gasteiger partial charge >= 0.3 is 10.1 Å². The van der Waals surface area contributed by atoms with Crippen LogP contribution >= 0.6 is 0 Å². The van der Waals surface area contributed by atoms with E-state index in [0.717, 1.165) is 41.5 Å². The van der Waals surface area contributed by atoms with Gasteiger partial charge in [-0.15, -0.1) is 5.10 Å². The smallest absolute Gasteiger partial charge is 0.339 e. The highest BCUT2D eigenvalue weighted by molar-refractivity contribution is 7.87. The van der Waals surface area contributed by atoms with E-state index in [1.807, 2.05) is 26.1 Å². The predicted molar refractivity (Wildman–Crippen MR) is 155 cm³/mol. The van der Waals surface area contributed by atoms with Crippen LogP contribution in [0.3, 0.4) is 0 Å². The summed E-state index contributed by atoms with van der Waals surface area (Å²) in [5.41, 5.74) is 4.73. The minimum Gasteiger partial charge on any atom is -0.379 e. The SMILES string of the molecule is Cc1ccc(S(=O)(=O)Oc2ccc3c(c2C)[C@H](Cn2cc(-c4ccc(F)cc4)nn2)[C@@]24CC(=O)[C@@](C)(CC[C@@H]32)C4)cc1. The second-order valence-corrected chi connectivity index (χ2v) is 14.1. The van der Waals surface area contributed by atoms with Crippen LogP contribution in [0, 0.1) is 30.5 Å². The van der Waals surface area contributed by atoms with Crippen LogP contribution in [0.5, 0.6) is 5.75 Å². The number of aromatic nitrogens is 3. The molecule has 216 valence electrons. The molecule has 1 spiro atoms. The van der Waals surface area contributed by atoms with Crippen LogP contribution in [0.4, 0.5) is 4.39 Å². The quantitative estimate of drug-likeness (QED) is 0.240. The second kappa shape index (κ2) is 9.33. The van der Waals surface area contributed by atoms with Crippen LogP contribution in [0.1, 0.15) is 66.7 Å². The van der Waals surface area contributed by atoms with Crippen molar-refractivity contribution < 1.29 is 21.8 Å². The fraction of sp³-hybridized carbons (Fsp3) is 0.364. The van der Waals surface area contributed by atoms with Gasteiger partial charge < -0.3 is 4.18 Å². The third kappa shape index (κ3) is 4.12. The molecule has 2 bridgehead atoms. The maximum Gasteiger partial charge on any atom is 0.339 e. The van der Waals surface area contributed by atoms with Gasteiger partial charge in [0.1, 0.15) is 27.9 Å². The van der Waals surface area contributed by atoms with E-state index in [-0.39, 0.29) is 33.4 Å². The van der Waals surface area contributed by atoms with Crippen molar-refractivity contribution in [2.75, 3.05) is 0 Å². The summed E-state index contributed by atoms with van der Waals surface area (Å²) in [5.74, 6) is 0.398. The van der Waals surface area contributed by atoms with Gasteiger partial charge in [-0.2, -0.15) is 8.42 Å². The number of hydrogen-bond donors (Lipinski definition) is 0. The van der Waals surface area contributed by atoms with Crippen molar-refractivity contribution in [2.24, 2.45) is 10.8 Å². The Kier molecular flexibility index (Phi) is 6.00. The van der Waals surface area contributed by atoms with Crippen LogP contribution in [-0.4, -0.2) is 29.2 Å².